The molecule has 0 atom stereocenters. The first-order valence-electron chi connectivity index (χ1n) is 6.80. The molecular weight excluding hydrogens is 384 g/mol. The highest BCUT2D eigenvalue weighted by atomic mass is 35.5. The topological polar surface area (TPSA) is 61.4 Å². The molecule has 0 aliphatic rings. The Kier molecular flexibility index (Phi) is 9.48. The fourth-order valence-electron chi connectivity index (χ4n) is 1.78. The molecule has 0 saturated heterocycles. The van der Waals surface area contributed by atoms with E-state index in [9.17, 15) is 9.59 Å². The monoisotopic (exact) mass is 399 g/mol. The van der Waals surface area contributed by atoms with Crippen LogP contribution in [0.5, 0.6) is 0 Å². The zero-order valence-corrected chi connectivity index (χ0v) is 15.2. The van der Waals surface area contributed by atoms with Crippen molar-refractivity contribution in [1.82, 2.24) is 5.32 Å². The third kappa shape index (κ3) is 7.48. The predicted molar refractivity (Wildman–Crippen MR) is 97.2 cm³/mol. The number of nitrogens with one attached hydrogen (secondary N) is 2. The van der Waals surface area contributed by atoms with Crippen LogP contribution >= 0.6 is 46.4 Å². The molecule has 0 heterocycles. The summed E-state index contributed by atoms with van der Waals surface area (Å²) in [6.07, 6.45) is 0. The summed E-state index contributed by atoms with van der Waals surface area (Å²) >= 11 is 22.3. The van der Waals surface area contributed by atoms with E-state index in [4.69, 9.17) is 46.4 Å². The van der Waals surface area contributed by atoms with Gasteiger partial charge in [-0.1, -0.05) is 23.2 Å². The van der Waals surface area contributed by atoms with Crippen LogP contribution in [0, 0.1) is 0 Å². The van der Waals surface area contributed by atoms with E-state index in [2.05, 4.69) is 10.6 Å². The van der Waals surface area contributed by atoms with E-state index < -0.39 is 10.7 Å². The summed E-state index contributed by atoms with van der Waals surface area (Å²) in [6.45, 7) is 1.16. The minimum absolute atomic E-state index is 0.207. The second-order valence-corrected chi connectivity index (χ2v) is 6.33. The summed E-state index contributed by atoms with van der Waals surface area (Å²) in [5.74, 6) is 0.00380. The first kappa shape index (κ1) is 20.2. The highest BCUT2D eigenvalue weighted by Crippen LogP contribution is 2.18. The Labute approximate surface area is 155 Å². The minimum atomic E-state index is -1.20. The Bertz CT molecular complexity index is 505. The summed E-state index contributed by atoms with van der Waals surface area (Å²) in [5, 5.41) is 4.97. The van der Waals surface area contributed by atoms with Gasteiger partial charge in [0.1, 0.15) is 0 Å². The van der Waals surface area contributed by atoms with E-state index in [1.54, 1.807) is 12.1 Å². The van der Waals surface area contributed by atoms with Crippen LogP contribution in [0.4, 0.5) is 11.4 Å². The molecule has 0 aliphatic carbocycles. The van der Waals surface area contributed by atoms with Crippen LogP contribution in [0.15, 0.2) is 24.3 Å². The van der Waals surface area contributed by atoms with Crippen molar-refractivity contribution in [3.8, 4) is 0 Å². The second-order valence-electron chi connectivity index (χ2n) is 4.48. The van der Waals surface area contributed by atoms with Gasteiger partial charge in [0.15, 0.2) is 4.84 Å². The lowest BCUT2D eigenvalue weighted by molar-refractivity contribution is -0.122. The molecule has 0 saturated carbocycles. The van der Waals surface area contributed by atoms with Gasteiger partial charge in [0, 0.05) is 36.2 Å². The Balaban J connectivity index is 2.55. The molecule has 128 valence electrons. The van der Waals surface area contributed by atoms with Crippen molar-refractivity contribution in [2.75, 3.05) is 41.6 Å². The Morgan fingerprint density at radius 3 is 2.09 bits per heavy atom. The number of anilines is 2. The van der Waals surface area contributed by atoms with Crippen LogP contribution in [0.25, 0.3) is 0 Å². The maximum Gasteiger partial charge on any atom is 0.253 e. The fourth-order valence-corrected chi connectivity index (χ4v) is 2.34. The van der Waals surface area contributed by atoms with Crippen LogP contribution < -0.4 is 15.5 Å². The average molecular weight is 401 g/mol. The van der Waals surface area contributed by atoms with Crippen molar-refractivity contribution in [2.24, 2.45) is 0 Å². The molecule has 0 radical (unpaired) electrons. The Hall–Kier alpha value is -0.880. The van der Waals surface area contributed by atoms with E-state index in [0.29, 0.717) is 30.5 Å². The summed E-state index contributed by atoms with van der Waals surface area (Å²) in [5.41, 5.74) is 1.57. The lowest BCUT2D eigenvalue weighted by Crippen LogP contribution is -2.35. The van der Waals surface area contributed by atoms with Crippen molar-refractivity contribution in [3.05, 3.63) is 24.3 Å². The fraction of sp³-hybridized carbons (Fsp3) is 0.429. The second kappa shape index (κ2) is 10.8. The molecule has 0 aliphatic heterocycles. The van der Waals surface area contributed by atoms with Gasteiger partial charge in [0.25, 0.3) is 5.91 Å². The van der Waals surface area contributed by atoms with Crippen molar-refractivity contribution < 1.29 is 9.59 Å². The van der Waals surface area contributed by atoms with Gasteiger partial charge in [-0.15, -0.1) is 23.2 Å². The predicted octanol–water partition coefficient (Wildman–Crippen LogP) is 2.83. The van der Waals surface area contributed by atoms with E-state index in [-0.39, 0.29) is 12.5 Å². The van der Waals surface area contributed by atoms with Gasteiger partial charge in [-0.25, -0.2) is 0 Å². The zero-order valence-electron chi connectivity index (χ0n) is 12.2. The van der Waals surface area contributed by atoms with Gasteiger partial charge in [0.2, 0.25) is 5.91 Å². The molecular formula is C14H17Cl4N3O2. The number of alkyl halides is 4. The van der Waals surface area contributed by atoms with E-state index in [1.165, 1.54) is 0 Å². The number of rotatable bonds is 9. The van der Waals surface area contributed by atoms with Crippen molar-refractivity contribution in [1.29, 1.82) is 0 Å². The molecule has 0 unspecified atom stereocenters. The summed E-state index contributed by atoms with van der Waals surface area (Å²) in [6, 6.07) is 7.24. The number of hydrogen-bond donors (Lipinski definition) is 2. The number of hydrogen-bond acceptors (Lipinski definition) is 3. The molecule has 2 amide bonds. The van der Waals surface area contributed by atoms with Crippen LogP contribution in [0.3, 0.4) is 0 Å². The molecule has 1 aromatic carbocycles. The lowest BCUT2D eigenvalue weighted by atomic mass is 10.2. The Morgan fingerprint density at radius 1 is 1.04 bits per heavy atom. The zero-order chi connectivity index (χ0) is 17.2. The van der Waals surface area contributed by atoms with Crippen molar-refractivity contribution in [3.63, 3.8) is 0 Å². The summed E-state index contributed by atoms with van der Waals surface area (Å²) in [4.78, 5) is 23.7. The molecule has 9 heteroatoms. The molecule has 23 heavy (non-hydrogen) atoms. The number of benzene rings is 1. The summed E-state index contributed by atoms with van der Waals surface area (Å²) < 4.78 is 0. The SMILES string of the molecule is O=C(CNC(=O)C(Cl)Cl)Nc1ccc(N(CCCl)CCCl)cc1. The van der Waals surface area contributed by atoms with Crippen LogP contribution in [0.1, 0.15) is 0 Å². The van der Waals surface area contributed by atoms with E-state index >= 15 is 0 Å². The number of carbonyl (C=O) groups excluding carboxylic acids is 2. The molecule has 0 aromatic heterocycles. The molecule has 0 fully saturated rings. The maximum atomic E-state index is 11.7. The quantitative estimate of drug-likeness (QED) is 0.626. The Morgan fingerprint density at radius 2 is 1.61 bits per heavy atom. The van der Waals surface area contributed by atoms with Gasteiger partial charge < -0.3 is 15.5 Å². The first-order chi connectivity index (χ1) is 11.0. The molecule has 0 bridgehead atoms. The van der Waals surface area contributed by atoms with Gasteiger partial charge in [0.05, 0.1) is 6.54 Å². The van der Waals surface area contributed by atoms with Crippen molar-refractivity contribution >= 4 is 69.6 Å². The van der Waals surface area contributed by atoms with E-state index in [0.717, 1.165) is 5.69 Å². The molecule has 5 nitrogen and oxygen atoms in total. The molecule has 0 spiro atoms. The minimum Gasteiger partial charge on any atom is -0.369 e. The van der Waals surface area contributed by atoms with Crippen LogP contribution in [0.2, 0.25) is 0 Å². The number of carbonyl (C=O) groups is 2. The summed E-state index contributed by atoms with van der Waals surface area (Å²) in [7, 11) is 0. The van der Waals surface area contributed by atoms with Gasteiger partial charge >= 0.3 is 0 Å². The maximum absolute atomic E-state index is 11.7. The highest BCUT2D eigenvalue weighted by molar-refractivity contribution is 6.53. The smallest absolute Gasteiger partial charge is 0.253 e. The highest BCUT2D eigenvalue weighted by Gasteiger charge is 2.12. The van der Waals surface area contributed by atoms with E-state index in [1.807, 2.05) is 17.0 Å². The van der Waals surface area contributed by atoms with Gasteiger partial charge in [-0.05, 0) is 24.3 Å². The third-order valence-electron chi connectivity index (χ3n) is 2.85. The number of nitrogens with zero attached hydrogens (tertiary/aromatic N) is 1. The largest absolute Gasteiger partial charge is 0.369 e. The van der Waals surface area contributed by atoms with Crippen LogP contribution in [-0.4, -0.2) is 48.0 Å². The van der Waals surface area contributed by atoms with Crippen LogP contribution in [-0.2, 0) is 9.59 Å². The van der Waals surface area contributed by atoms with Gasteiger partial charge in [-0.2, -0.15) is 0 Å². The normalized spacial score (nSPS) is 10.5. The average Bonchev–Trinajstić information content (AvgIpc) is 2.53. The first-order valence-corrected chi connectivity index (χ1v) is 8.74. The molecule has 1 aromatic rings. The standard InChI is InChI=1S/C14H17Cl4N3O2/c15-5-7-21(8-6-16)11-3-1-10(2-4-11)20-12(22)9-19-14(23)13(17)18/h1-4,13H,5-9H2,(H,19,23)(H,20,22). The number of amides is 2. The lowest BCUT2D eigenvalue weighted by Gasteiger charge is -2.23. The number of halogens is 4. The molecule has 1 rings (SSSR count). The molecule has 2 N–H and O–H groups in total. The third-order valence-corrected chi connectivity index (χ3v) is 3.58. The van der Waals surface area contributed by atoms with Gasteiger partial charge in [-0.3, -0.25) is 9.59 Å². The van der Waals surface area contributed by atoms with Crippen molar-refractivity contribution in [2.45, 2.75) is 4.84 Å².